The summed E-state index contributed by atoms with van der Waals surface area (Å²) < 4.78 is 5.80. The van der Waals surface area contributed by atoms with E-state index in [1.54, 1.807) is 23.6 Å². The molecular formula is C21H31BrN2O4. The molecule has 4 aliphatic carbocycles. The van der Waals surface area contributed by atoms with Crippen LogP contribution in [-0.2, 0) is 19.1 Å². The monoisotopic (exact) mass is 454 g/mol. The summed E-state index contributed by atoms with van der Waals surface area (Å²) in [7, 11) is 0. The van der Waals surface area contributed by atoms with Gasteiger partial charge in [0.25, 0.3) is 5.91 Å². The van der Waals surface area contributed by atoms with Crippen LogP contribution in [0.2, 0.25) is 0 Å². The Kier molecular flexibility index (Phi) is 5.26. The fourth-order valence-electron chi connectivity index (χ4n) is 6.64. The van der Waals surface area contributed by atoms with Crippen molar-refractivity contribution in [3.05, 3.63) is 0 Å². The van der Waals surface area contributed by atoms with Crippen LogP contribution in [0, 0.1) is 17.3 Å². The highest BCUT2D eigenvalue weighted by atomic mass is 79.9. The van der Waals surface area contributed by atoms with Crippen LogP contribution in [0.5, 0.6) is 0 Å². The highest BCUT2D eigenvalue weighted by Gasteiger charge is 2.57. The molecule has 0 aromatic carbocycles. The van der Waals surface area contributed by atoms with Gasteiger partial charge in [-0.2, -0.15) is 0 Å². The van der Waals surface area contributed by atoms with Crippen molar-refractivity contribution in [1.82, 2.24) is 9.80 Å². The molecule has 7 heteroatoms. The van der Waals surface area contributed by atoms with E-state index in [1.807, 2.05) is 0 Å². The van der Waals surface area contributed by atoms with E-state index >= 15 is 0 Å². The third-order valence-corrected chi connectivity index (χ3v) is 8.25. The fraction of sp³-hybridized carbons (Fsp3) is 0.857. The predicted molar refractivity (Wildman–Crippen MR) is 108 cm³/mol. The SMILES string of the molecule is CC(=O)N1CCN(C(=O)C(C)OC(=O)CC23CC4CC(CC(Br)(C4)C2)C3)CC1. The molecule has 0 spiro atoms. The standard InChI is InChI=1S/C21H31BrN2O4/c1-14(19(27)24-5-3-23(4-6-24)15(2)25)28-18(26)12-20-8-16-7-17(9-20)11-21(22,10-16)13-20/h14,16-17H,3-13H2,1-2H3. The molecule has 3 unspecified atom stereocenters. The number of ether oxygens (including phenoxy) is 1. The zero-order chi connectivity index (χ0) is 20.1. The molecule has 5 fully saturated rings. The van der Waals surface area contributed by atoms with Gasteiger partial charge in [-0.15, -0.1) is 0 Å². The van der Waals surface area contributed by atoms with Gasteiger partial charge in [-0.1, -0.05) is 15.9 Å². The van der Waals surface area contributed by atoms with Crippen molar-refractivity contribution < 1.29 is 19.1 Å². The molecule has 1 aliphatic heterocycles. The highest BCUT2D eigenvalue weighted by molar-refractivity contribution is 9.10. The maximum absolute atomic E-state index is 12.7. The topological polar surface area (TPSA) is 66.9 Å². The number of hydrogen-bond acceptors (Lipinski definition) is 4. The molecule has 5 aliphatic rings. The smallest absolute Gasteiger partial charge is 0.307 e. The summed E-state index contributed by atoms with van der Waals surface area (Å²) in [4.78, 5) is 40.2. The zero-order valence-corrected chi connectivity index (χ0v) is 18.5. The fourth-order valence-corrected chi connectivity index (χ4v) is 8.15. The van der Waals surface area contributed by atoms with Crippen molar-refractivity contribution >= 4 is 33.7 Å². The Morgan fingerprint density at radius 3 is 2.14 bits per heavy atom. The second-order valence-corrected chi connectivity index (χ2v) is 11.4. The number of hydrogen-bond donors (Lipinski definition) is 0. The lowest BCUT2D eigenvalue weighted by atomic mass is 9.49. The first-order chi connectivity index (χ1) is 13.2. The molecule has 0 aromatic heterocycles. The normalized spacial score (nSPS) is 37.7. The van der Waals surface area contributed by atoms with Gasteiger partial charge in [-0.25, -0.2) is 0 Å². The summed E-state index contributed by atoms with van der Waals surface area (Å²) in [5.41, 5.74) is 0.0561. The number of carbonyl (C=O) groups is 3. The lowest BCUT2D eigenvalue weighted by molar-refractivity contribution is -0.164. The number of carbonyl (C=O) groups excluding carboxylic acids is 3. The summed E-state index contributed by atoms with van der Waals surface area (Å²) in [6.45, 7) is 5.30. The summed E-state index contributed by atoms with van der Waals surface area (Å²) in [5, 5.41) is 0. The first kappa shape index (κ1) is 20.2. The number of piperazine rings is 1. The summed E-state index contributed by atoms with van der Waals surface area (Å²) in [5.74, 6) is 1.10. The van der Waals surface area contributed by atoms with Gasteiger partial charge in [0, 0.05) is 37.4 Å². The quantitative estimate of drug-likeness (QED) is 0.483. The van der Waals surface area contributed by atoms with Crippen molar-refractivity contribution in [2.75, 3.05) is 26.2 Å². The largest absolute Gasteiger partial charge is 0.453 e. The Bertz CT molecular complexity index is 659. The maximum atomic E-state index is 12.7. The lowest BCUT2D eigenvalue weighted by Crippen LogP contribution is -2.54. The van der Waals surface area contributed by atoms with E-state index < -0.39 is 6.10 Å². The molecule has 28 heavy (non-hydrogen) atoms. The van der Waals surface area contributed by atoms with Crippen LogP contribution in [-0.4, -0.2) is 64.2 Å². The van der Waals surface area contributed by atoms with E-state index in [4.69, 9.17) is 4.74 Å². The van der Waals surface area contributed by atoms with Gasteiger partial charge in [0.05, 0.1) is 6.42 Å². The third-order valence-electron chi connectivity index (χ3n) is 7.32. The number of esters is 1. The zero-order valence-electron chi connectivity index (χ0n) is 16.9. The molecule has 156 valence electrons. The van der Waals surface area contributed by atoms with E-state index in [2.05, 4.69) is 15.9 Å². The molecule has 1 heterocycles. The van der Waals surface area contributed by atoms with Crippen molar-refractivity contribution in [2.45, 2.75) is 69.2 Å². The first-order valence-corrected chi connectivity index (χ1v) is 11.4. The van der Waals surface area contributed by atoms with Crippen molar-refractivity contribution in [3.63, 3.8) is 0 Å². The van der Waals surface area contributed by atoms with Crippen LogP contribution >= 0.6 is 15.9 Å². The second-order valence-electron chi connectivity index (χ2n) is 9.75. The third kappa shape index (κ3) is 3.96. The van der Waals surface area contributed by atoms with E-state index in [0.29, 0.717) is 32.6 Å². The van der Waals surface area contributed by atoms with E-state index in [1.165, 1.54) is 19.3 Å². The van der Waals surface area contributed by atoms with Gasteiger partial charge >= 0.3 is 5.97 Å². The van der Waals surface area contributed by atoms with Gasteiger partial charge in [-0.3, -0.25) is 14.4 Å². The molecule has 2 amide bonds. The molecule has 5 rings (SSSR count). The summed E-state index contributed by atoms with van der Waals surface area (Å²) in [6.07, 6.45) is 6.76. The average molecular weight is 455 g/mol. The molecule has 4 saturated carbocycles. The van der Waals surface area contributed by atoms with Crippen LogP contribution in [0.3, 0.4) is 0 Å². The number of nitrogens with zero attached hydrogens (tertiary/aromatic N) is 2. The Morgan fingerprint density at radius 1 is 1.04 bits per heavy atom. The number of alkyl halides is 1. The Balaban J connectivity index is 1.30. The lowest BCUT2D eigenvalue weighted by Gasteiger charge is -2.60. The van der Waals surface area contributed by atoms with Gasteiger partial charge in [0.1, 0.15) is 0 Å². The van der Waals surface area contributed by atoms with Gasteiger partial charge < -0.3 is 14.5 Å². The van der Waals surface area contributed by atoms with Crippen molar-refractivity contribution in [3.8, 4) is 0 Å². The van der Waals surface area contributed by atoms with Crippen LogP contribution in [0.1, 0.15) is 58.8 Å². The Hall–Kier alpha value is -1.11. The van der Waals surface area contributed by atoms with Gasteiger partial charge in [0.15, 0.2) is 6.10 Å². The molecular weight excluding hydrogens is 424 g/mol. The summed E-state index contributed by atoms with van der Waals surface area (Å²) in [6, 6.07) is 0. The number of rotatable bonds is 4. The van der Waals surface area contributed by atoms with E-state index in [-0.39, 0.29) is 27.5 Å². The average Bonchev–Trinajstić information content (AvgIpc) is 2.58. The minimum atomic E-state index is -0.761. The van der Waals surface area contributed by atoms with Crippen LogP contribution in [0.4, 0.5) is 0 Å². The highest BCUT2D eigenvalue weighted by Crippen LogP contribution is 2.65. The minimum absolute atomic E-state index is 0.0340. The molecule has 3 atom stereocenters. The summed E-state index contributed by atoms with van der Waals surface area (Å²) >= 11 is 3.98. The molecule has 4 bridgehead atoms. The molecule has 0 N–H and O–H groups in total. The Labute approximate surface area is 175 Å². The maximum Gasteiger partial charge on any atom is 0.307 e. The van der Waals surface area contributed by atoms with Crippen LogP contribution < -0.4 is 0 Å². The van der Waals surface area contributed by atoms with E-state index in [9.17, 15) is 14.4 Å². The van der Waals surface area contributed by atoms with Crippen LogP contribution in [0.15, 0.2) is 0 Å². The van der Waals surface area contributed by atoms with E-state index in [0.717, 1.165) is 31.1 Å². The van der Waals surface area contributed by atoms with Crippen LogP contribution in [0.25, 0.3) is 0 Å². The number of amides is 2. The van der Waals surface area contributed by atoms with Crippen molar-refractivity contribution in [2.24, 2.45) is 17.3 Å². The molecule has 6 nitrogen and oxygen atoms in total. The predicted octanol–water partition coefficient (Wildman–Crippen LogP) is 2.73. The van der Waals surface area contributed by atoms with Crippen molar-refractivity contribution in [1.29, 1.82) is 0 Å². The molecule has 0 radical (unpaired) electrons. The molecule has 1 saturated heterocycles. The van der Waals surface area contributed by atoms with Gasteiger partial charge in [0.2, 0.25) is 5.91 Å². The second kappa shape index (κ2) is 7.29. The minimum Gasteiger partial charge on any atom is -0.453 e. The molecule has 0 aromatic rings. The Morgan fingerprint density at radius 2 is 1.61 bits per heavy atom. The number of halogens is 1. The first-order valence-electron chi connectivity index (χ1n) is 10.6. The van der Waals surface area contributed by atoms with Gasteiger partial charge in [-0.05, 0) is 62.7 Å².